The van der Waals surface area contributed by atoms with E-state index in [4.69, 9.17) is 0 Å². The maximum Gasteiger partial charge on any atom is 0.160 e. The van der Waals surface area contributed by atoms with Crippen LogP contribution >= 0.6 is 0 Å². The summed E-state index contributed by atoms with van der Waals surface area (Å²) < 4.78 is 2.00. The molecule has 2 aromatic heterocycles. The van der Waals surface area contributed by atoms with Crippen molar-refractivity contribution in [2.75, 3.05) is 0 Å². The molecule has 16 heavy (non-hydrogen) atoms. The summed E-state index contributed by atoms with van der Waals surface area (Å²) in [4.78, 5) is 0. The number of hydrogen-bond donors (Lipinski definition) is 0. The molecule has 3 rings (SSSR count). The van der Waals surface area contributed by atoms with E-state index in [2.05, 4.69) is 34.6 Å². The highest BCUT2D eigenvalue weighted by atomic mass is 15.2. The fourth-order valence-electron chi connectivity index (χ4n) is 1.81. The Hall–Kier alpha value is -2.16. The van der Waals surface area contributed by atoms with Crippen molar-refractivity contribution in [3.05, 3.63) is 54.5 Å². The summed E-state index contributed by atoms with van der Waals surface area (Å²) >= 11 is 0. The van der Waals surface area contributed by atoms with Gasteiger partial charge in [-0.05, 0) is 30.2 Å². The zero-order valence-electron chi connectivity index (χ0n) is 8.96. The molecule has 3 nitrogen and oxygen atoms in total. The molecule has 0 amide bonds. The third-order valence-electron chi connectivity index (χ3n) is 2.68. The molecule has 0 spiro atoms. The molecule has 78 valence electrons. The first-order valence-corrected chi connectivity index (χ1v) is 5.21. The number of benzene rings is 1. The number of hydrogen-bond acceptors (Lipinski definition) is 2. The Morgan fingerprint density at radius 3 is 2.50 bits per heavy atom. The van der Waals surface area contributed by atoms with E-state index in [9.17, 15) is 0 Å². The molecule has 0 radical (unpaired) electrons. The molecule has 0 aliphatic heterocycles. The van der Waals surface area contributed by atoms with Gasteiger partial charge in [-0.15, -0.1) is 10.2 Å². The Morgan fingerprint density at radius 2 is 1.69 bits per heavy atom. The first kappa shape index (κ1) is 9.09. The van der Waals surface area contributed by atoms with Crippen LogP contribution < -0.4 is 0 Å². The predicted octanol–water partition coefficient (Wildman–Crippen LogP) is 2.70. The molecule has 0 fully saturated rings. The van der Waals surface area contributed by atoms with Crippen molar-refractivity contribution >= 4 is 5.65 Å². The Balaban J connectivity index is 2.22. The molecule has 0 saturated heterocycles. The monoisotopic (exact) mass is 209 g/mol. The highest BCUT2D eigenvalue weighted by Gasteiger charge is 2.02. The van der Waals surface area contributed by atoms with Crippen molar-refractivity contribution in [3.8, 4) is 11.1 Å². The maximum absolute atomic E-state index is 4.07. The van der Waals surface area contributed by atoms with Gasteiger partial charge in [-0.2, -0.15) is 0 Å². The molecule has 0 aliphatic carbocycles. The van der Waals surface area contributed by atoms with Crippen LogP contribution in [0.1, 0.15) is 5.82 Å². The summed E-state index contributed by atoms with van der Waals surface area (Å²) in [6.07, 6.45) is 2.07. The smallest absolute Gasteiger partial charge is 0.160 e. The SMILES string of the molecule is Cc1nnc2ccc(-c3ccccc3)cn12. The topological polar surface area (TPSA) is 30.2 Å². The molecule has 0 bridgehead atoms. The molecule has 0 aliphatic rings. The number of aromatic nitrogens is 3. The molecule has 1 aromatic carbocycles. The summed E-state index contributed by atoms with van der Waals surface area (Å²) in [6.45, 7) is 1.95. The van der Waals surface area contributed by atoms with E-state index in [1.807, 2.05) is 35.6 Å². The second-order valence-corrected chi connectivity index (χ2v) is 3.76. The molecular weight excluding hydrogens is 198 g/mol. The highest BCUT2D eigenvalue weighted by Crippen LogP contribution is 2.19. The average Bonchev–Trinajstić information content (AvgIpc) is 2.72. The summed E-state index contributed by atoms with van der Waals surface area (Å²) in [5.74, 6) is 0.910. The molecule has 3 heteroatoms. The number of aryl methyl sites for hydroxylation is 1. The lowest BCUT2D eigenvalue weighted by Gasteiger charge is -2.02. The fraction of sp³-hybridized carbons (Fsp3) is 0.0769. The first-order valence-electron chi connectivity index (χ1n) is 5.21. The molecule has 0 atom stereocenters. The van der Waals surface area contributed by atoms with Crippen LogP contribution in [0.3, 0.4) is 0 Å². The number of rotatable bonds is 1. The van der Waals surface area contributed by atoms with E-state index in [-0.39, 0.29) is 0 Å². The van der Waals surface area contributed by atoms with E-state index < -0.39 is 0 Å². The lowest BCUT2D eigenvalue weighted by molar-refractivity contribution is 1.01. The molecule has 0 saturated carbocycles. The number of pyridine rings is 1. The lowest BCUT2D eigenvalue weighted by Crippen LogP contribution is -1.88. The molecule has 0 unspecified atom stereocenters. The van der Waals surface area contributed by atoms with Crippen LogP contribution in [0.5, 0.6) is 0 Å². The zero-order valence-corrected chi connectivity index (χ0v) is 8.96. The third-order valence-corrected chi connectivity index (χ3v) is 2.68. The number of fused-ring (bicyclic) bond motifs is 1. The van der Waals surface area contributed by atoms with Crippen molar-refractivity contribution in [3.63, 3.8) is 0 Å². The van der Waals surface area contributed by atoms with Gasteiger partial charge in [0.2, 0.25) is 0 Å². The molecule has 2 heterocycles. The van der Waals surface area contributed by atoms with E-state index in [0.717, 1.165) is 11.5 Å². The van der Waals surface area contributed by atoms with Crippen LogP contribution in [-0.4, -0.2) is 14.6 Å². The summed E-state index contributed by atoms with van der Waals surface area (Å²) in [5, 5.41) is 8.11. The summed E-state index contributed by atoms with van der Waals surface area (Å²) in [5.41, 5.74) is 3.27. The fourth-order valence-corrected chi connectivity index (χ4v) is 1.81. The van der Waals surface area contributed by atoms with E-state index >= 15 is 0 Å². The second-order valence-electron chi connectivity index (χ2n) is 3.76. The van der Waals surface area contributed by atoms with Gasteiger partial charge in [0.05, 0.1) is 0 Å². The Labute approximate surface area is 93.4 Å². The van der Waals surface area contributed by atoms with Crippen LogP contribution in [0.4, 0.5) is 0 Å². The van der Waals surface area contributed by atoms with Gasteiger partial charge in [0, 0.05) is 6.20 Å². The van der Waals surface area contributed by atoms with Gasteiger partial charge in [0.15, 0.2) is 5.65 Å². The maximum atomic E-state index is 4.07. The quantitative estimate of drug-likeness (QED) is 0.616. The Kier molecular flexibility index (Phi) is 1.96. The van der Waals surface area contributed by atoms with Crippen molar-refractivity contribution in [2.45, 2.75) is 6.92 Å². The van der Waals surface area contributed by atoms with Crippen molar-refractivity contribution < 1.29 is 0 Å². The van der Waals surface area contributed by atoms with Gasteiger partial charge in [-0.3, -0.25) is 4.40 Å². The Morgan fingerprint density at radius 1 is 0.875 bits per heavy atom. The highest BCUT2D eigenvalue weighted by molar-refractivity contribution is 5.64. The first-order chi connectivity index (χ1) is 7.84. The zero-order chi connectivity index (χ0) is 11.0. The van der Waals surface area contributed by atoms with Gasteiger partial charge in [0.1, 0.15) is 5.82 Å². The lowest BCUT2D eigenvalue weighted by atomic mass is 10.1. The standard InChI is InChI=1S/C13H11N3/c1-10-14-15-13-8-7-12(9-16(10)13)11-5-3-2-4-6-11/h2-9H,1H3. The van der Waals surface area contributed by atoms with Crippen molar-refractivity contribution in [2.24, 2.45) is 0 Å². The van der Waals surface area contributed by atoms with E-state index in [1.54, 1.807) is 0 Å². The van der Waals surface area contributed by atoms with Crippen LogP contribution in [0, 0.1) is 6.92 Å². The van der Waals surface area contributed by atoms with E-state index in [1.165, 1.54) is 11.1 Å². The van der Waals surface area contributed by atoms with Crippen LogP contribution in [0.2, 0.25) is 0 Å². The average molecular weight is 209 g/mol. The molecule has 0 N–H and O–H groups in total. The Bertz CT molecular complexity index is 626. The van der Waals surface area contributed by atoms with Crippen LogP contribution in [-0.2, 0) is 0 Å². The van der Waals surface area contributed by atoms with Crippen molar-refractivity contribution in [1.29, 1.82) is 0 Å². The van der Waals surface area contributed by atoms with Gasteiger partial charge in [-0.1, -0.05) is 30.3 Å². The van der Waals surface area contributed by atoms with Crippen molar-refractivity contribution in [1.82, 2.24) is 14.6 Å². The van der Waals surface area contributed by atoms with Gasteiger partial charge in [0.25, 0.3) is 0 Å². The minimum atomic E-state index is 0.886. The van der Waals surface area contributed by atoms with Gasteiger partial charge >= 0.3 is 0 Å². The van der Waals surface area contributed by atoms with E-state index in [0.29, 0.717) is 0 Å². The van der Waals surface area contributed by atoms with Gasteiger partial charge in [-0.25, -0.2) is 0 Å². The van der Waals surface area contributed by atoms with Gasteiger partial charge < -0.3 is 0 Å². The minimum Gasteiger partial charge on any atom is -0.286 e. The summed E-state index contributed by atoms with van der Waals surface area (Å²) in [7, 11) is 0. The molecule has 3 aromatic rings. The molecular formula is C13H11N3. The summed E-state index contributed by atoms with van der Waals surface area (Å²) in [6, 6.07) is 14.4. The normalized spacial score (nSPS) is 10.8. The largest absolute Gasteiger partial charge is 0.286 e. The van der Waals surface area contributed by atoms with Crippen LogP contribution in [0.15, 0.2) is 48.7 Å². The minimum absolute atomic E-state index is 0.886. The third kappa shape index (κ3) is 1.37. The number of nitrogens with zero attached hydrogens (tertiary/aromatic N) is 3. The predicted molar refractivity (Wildman–Crippen MR) is 63.2 cm³/mol. The second kappa shape index (κ2) is 3.45. The van der Waals surface area contributed by atoms with Crippen LogP contribution in [0.25, 0.3) is 16.8 Å².